The topological polar surface area (TPSA) is 90.7 Å². The number of hydrogen-bond acceptors (Lipinski definition) is 6. The van der Waals surface area contributed by atoms with Crippen molar-refractivity contribution in [1.29, 1.82) is 0 Å². The minimum atomic E-state index is -0.809. The summed E-state index contributed by atoms with van der Waals surface area (Å²) in [7, 11) is 0. The molecule has 20 heavy (non-hydrogen) atoms. The Hall–Kier alpha value is -2.57. The lowest BCUT2D eigenvalue weighted by atomic mass is 10.2. The Morgan fingerprint density at radius 3 is 2.55 bits per heavy atom. The fourth-order valence-corrected chi connectivity index (χ4v) is 1.88. The summed E-state index contributed by atoms with van der Waals surface area (Å²) in [5, 5.41) is 10.1. The Balaban J connectivity index is 2.70. The van der Waals surface area contributed by atoms with E-state index in [1.165, 1.54) is 12.3 Å². The van der Waals surface area contributed by atoms with E-state index in [0.29, 0.717) is 4.73 Å². The Labute approximate surface area is 114 Å². The van der Waals surface area contributed by atoms with E-state index in [1.807, 2.05) is 0 Å². The van der Waals surface area contributed by atoms with Gasteiger partial charge in [0.25, 0.3) is 0 Å². The highest BCUT2D eigenvalue weighted by atomic mass is 16.5. The maximum absolute atomic E-state index is 12.0. The second kappa shape index (κ2) is 5.60. The molecule has 0 aliphatic rings. The second-order valence-corrected chi connectivity index (χ2v) is 3.85. The number of carbonyl (C=O) groups is 2. The summed E-state index contributed by atoms with van der Waals surface area (Å²) in [6.07, 6.45) is 1.46. The maximum atomic E-state index is 12.0. The molecule has 0 radical (unpaired) electrons. The number of ether oxygens (including phenoxy) is 2. The van der Waals surface area contributed by atoms with Gasteiger partial charge in [-0.15, -0.1) is 0 Å². The van der Waals surface area contributed by atoms with Crippen molar-refractivity contribution in [3.05, 3.63) is 29.6 Å². The molecule has 2 rings (SSSR count). The van der Waals surface area contributed by atoms with Gasteiger partial charge in [0.15, 0.2) is 5.69 Å². The molecule has 106 valence electrons. The van der Waals surface area contributed by atoms with E-state index < -0.39 is 11.9 Å². The monoisotopic (exact) mass is 278 g/mol. The van der Waals surface area contributed by atoms with E-state index >= 15 is 0 Å². The van der Waals surface area contributed by atoms with Crippen LogP contribution in [0, 0.1) is 0 Å². The van der Waals surface area contributed by atoms with Gasteiger partial charge in [0, 0.05) is 6.20 Å². The van der Waals surface area contributed by atoms with Gasteiger partial charge in [-0.05, 0) is 26.0 Å². The van der Waals surface area contributed by atoms with Crippen LogP contribution in [0.5, 0.6) is 0 Å². The number of rotatable bonds is 4. The fraction of sp³-hybridized carbons (Fsp3) is 0.308. The molecule has 2 aromatic rings. The average Bonchev–Trinajstić information content (AvgIpc) is 2.73. The zero-order valence-corrected chi connectivity index (χ0v) is 11.1. The van der Waals surface area contributed by atoms with Gasteiger partial charge in [-0.25, -0.2) is 9.59 Å². The van der Waals surface area contributed by atoms with Crippen molar-refractivity contribution in [1.82, 2.24) is 9.71 Å². The molecule has 0 aromatic carbocycles. The largest absolute Gasteiger partial charge is 0.462 e. The minimum absolute atomic E-state index is 0.0941. The minimum Gasteiger partial charge on any atom is -0.462 e. The van der Waals surface area contributed by atoms with Gasteiger partial charge >= 0.3 is 11.9 Å². The van der Waals surface area contributed by atoms with Gasteiger partial charge in [0.2, 0.25) is 0 Å². The third-order valence-electron chi connectivity index (χ3n) is 2.65. The lowest BCUT2D eigenvalue weighted by Crippen LogP contribution is -2.16. The molecule has 0 aliphatic heterocycles. The van der Waals surface area contributed by atoms with Crippen LogP contribution in [-0.4, -0.2) is 40.1 Å². The number of hydrogen-bond donors (Lipinski definition) is 1. The number of fused-ring (bicyclic) bond motifs is 1. The smallest absolute Gasteiger partial charge is 0.359 e. The van der Waals surface area contributed by atoms with Gasteiger partial charge in [-0.3, -0.25) is 4.98 Å². The zero-order valence-electron chi connectivity index (χ0n) is 11.1. The van der Waals surface area contributed by atoms with Gasteiger partial charge in [0.05, 0.1) is 13.2 Å². The summed E-state index contributed by atoms with van der Waals surface area (Å²) in [4.78, 5) is 28.0. The van der Waals surface area contributed by atoms with Crippen LogP contribution in [0.1, 0.15) is 34.7 Å². The Kier molecular flexibility index (Phi) is 3.88. The summed E-state index contributed by atoms with van der Waals surface area (Å²) in [5.41, 5.74) is 0.0532. The molecule has 1 N–H and O–H groups in total. The van der Waals surface area contributed by atoms with Crippen molar-refractivity contribution in [2.24, 2.45) is 0 Å². The summed E-state index contributed by atoms with van der Waals surface area (Å²) >= 11 is 0. The van der Waals surface area contributed by atoms with Crippen molar-refractivity contribution in [3.63, 3.8) is 0 Å². The normalized spacial score (nSPS) is 10.5. The van der Waals surface area contributed by atoms with Crippen LogP contribution in [-0.2, 0) is 9.47 Å². The molecule has 2 heterocycles. The van der Waals surface area contributed by atoms with E-state index in [1.54, 1.807) is 19.9 Å². The van der Waals surface area contributed by atoms with Gasteiger partial charge in [-0.1, -0.05) is 0 Å². The first-order chi connectivity index (χ1) is 9.61. The van der Waals surface area contributed by atoms with Crippen LogP contribution in [0.4, 0.5) is 0 Å². The van der Waals surface area contributed by atoms with Crippen molar-refractivity contribution < 1.29 is 24.3 Å². The third kappa shape index (κ3) is 2.18. The molecule has 2 aromatic heterocycles. The standard InChI is InChI=1S/C13H14N2O5/c1-3-19-12(16)9-10-8(6-5-7-14-10)15(18)11(9)13(17)20-4-2/h5-7,18H,3-4H2,1-2H3. The van der Waals surface area contributed by atoms with E-state index in [2.05, 4.69) is 4.98 Å². The predicted molar refractivity (Wildman–Crippen MR) is 68.8 cm³/mol. The molecule has 0 spiro atoms. The molecule has 0 unspecified atom stereocenters. The molecule has 0 saturated carbocycles. The second-order valence-electron chi connectivity index (χ2n) is 3.85. The highest BCUT2D eigenvalue weighted by Gasteiger charge is 2.30. The molecule has 0 aliphatic carbocycles. The Morgan fingerprint density at radius 2 is 1.90 bits per heavy atom. The average molecular weight is 278 g/mol. The highest BCUT2D eigenvalue weighted by Crippen LogP contribution is 2.24. The molecule has 7 heteroatoms. The highest BCUT2D eigenvalue weighted by molar-refractivity contribution is 6.11. The zero-order chi connectivity index (χ0) is 14.7. The molecular weight excluding hydrogens is 264 g/mol. The van der Waals surface area contributed by atoms with Crippen LogP contribution in [0.2, 0.25) is 0 Å². The van der Waals surface area contributed by atoms with E-state index in [-0.39, 0.29) is 35.5 Å². The third-order valence-corrected chi connectivity index (χ3v) is 2.65. The van der Waals surface area contributed by atoms with Gasteiger partial charge in [0.1, 0.15) is 16.6 Å². The summed E-state index contributed by atoms with van der Waals surface area (Å²) in [5.74, 6) is -1.54. The molecule has 0 amide bonds. The quantitative estimate of drug-likeness (QED) is 0.675. The van der Waals surface area contributed by atoms with Gasteiger partial charge < -0.3 is 14.7 Å². The summed E-state index contributed by atoms with van der Waals surface area (Å²) in [6, 6.07) is 3.12. The summed E-state index contributed by atoms with van der Waals surface area (Å²) in [6.45, 7) is 3.54. The van der Waals surface area contributed by atoms with Crippen LogP contribution in [0.25, 0.3) is 11.0 Å². The number of carbonyl (C=O) groups excluding carboxylic acids is 2. The molecule has 7 nitrogen and oxygen atoms in total. The lowest BCUT2D eigenvalue weighted by Gasteiger charge is -2.05. The fourth-order valence-electron chi connectivity index (χ4n) is 1.88. The van der Waals surface area contributed by atoms with Crippen LogP contribution in [0.3, 0.4) is 0 Å². The molecular formula is C13H14N2O5. The molecule has 0 fully saturated rings. The van der Waals surface area contributed by atoms with E-state index in [0.717, 1.165) is 0 Å². The molecule has 0 saturated heterocycles. The van der Waals surface area contributed by atoms with Crippen LogP contribution < -0.4 is 0 Å². The Morgan fingerprint density at radius 1 is 1.25 bits per heavy atom. The summed E-state index contributed by atoms with van der Waals surface area (Å²) < 4.78 is 10.4. The van der Waals surface area contributed by atoms with E-state index in [4.69, 9.17) is 9.47 Å². The van der Waals surface area contributed by atoms with Crippen molar-refractivity contribution in [3.8, 4) is 0 Å². The predicted octanol–water partition coefficient (Wildman–Crippen LogP) is 1.63. The van der Waals surface area contributed by atoms with Crippen LogP contribution in [0.15, 0.2) is 18.3 Å². The van der Waals surface area contributed by atoms with Crippen molar-refractivity contribution >= 4 is 23.0 Å². The van der Waals surface area contributed by atoms with Crippen LogP contribution >= 0.6 is 0 Å². The number of nitrogens with zero attached hydrogens (tertiary/aromatic N) is 2. The maximum Gasteiger partial charge on any atom is 0.359 e. The number of pyridine rings is 1. The van der Waals surface area contributed by atoms with E-state index in [9.17, 15) is 14.8 Å². The van der Waals surface area contributed by atoms with Gasteiger partial charge in [-0.2, -0.15) is 4.73 Å². The number of esters is 2. The first-order valence-electron chi connectivity index (χ1n) is 6.14. The van der Waals surface area contributed by atoms with Crippen molar-refractivity contribution in [2.45, 2.75) is 13.8 Å². The molecule has 0 atom stereocenters. The SMILES string of the molecule is CCOC(=O)c1c(C(=O)OCC)n(O)c2cccnc12. The Bertz CT molecular complexity index is 662. The number of aromatic nitrogens is 2. The van der Waals surface area contributed by atoms with Crippen molar-refractivity contribution in [2.75, 3.05) is 13.2 Å². The first kappa shape index (κ1) is 13.9. The lowest BCUT2D eigenvalue weighted by molar-refractivity contribution is 0.0442. The molecule has 0 bridgehead atoms. The first-order valence-corrected chi connectivity index (χ1v) is 6.14.